The van der Waals surface area contributed by atoms with Crippen LogP contribution in [0.25, 0.3) is 0 Å². The number of nitrogens with zero attached hydrogens (tertiary/aromatic N) is 1. The molecule has 0 saturated heterocycles. The van der Waals surface area contributed by atoms with Crippen molar-refractivity contribution in [3.8, 4) is 0 Å². The van der Waals surface area contributed by atoms with Gasteiger partial charge in [0.05, 0.1) is 12.2 Å². The maximum atomic E-state index is 12.6. The zero-order chi connectivity index (χ0) is 20.5. The lowest BCUT2D eigenvalue weighted by Crippen LogP contribution is -2.50. The van der Waals surface area contributed by atoms with Crippen molar-refractivity contribution in [2.75, 3.05) is 13.2 Å². The molecule has 0 aliphatic heterocycles. The average molecular weight is 403 g/mol. The van der Waals surface area contributed by atoms with Crippen LogP contribution in [0.3, 0.4) is 0 Å². The first kappa shape index (κ1) is 21.1. The third-order valence-electron chi connectivity index (χ3n) is 3.56. The van der Waals surface area contributed by atoms with Crippen LogP contribution < -0.4 is 10.7 Å². The monoisotopic (exact) mass is 403 g/mol. The van der Waals surface area contributed by atoms with Gasteiger partial charge in [-0.3, -0.25) is 19.8 Å². The van der Waals surface area contributed by atoms with Gasteiger partial charge in [-0.25, -0.2) is 4.79 Å². The fourth-order valence-electron chi connectivity index (χ4n) is 2.19. The van der Waals surface area contributed by atoms with Gasteiger partial charge < -0.3 is 10.1 Å². The highest BCUT2D eigenvalue weighted by Crippen LogP contribution is 2.11. The molecule has 28 heavy (non-hydrogen) atoms. The topological polar surface area (TPSA) is 105 Å². The number of carbonyl (C=O) groups is 4. The second-order valence-corrected chi connectivity index (χ2v) is 6.41. The molecular weight excluding hydrogens is 382 g/mol. The Kier molecular flexibility index (Phi) is 7.70. The summed E-state index contributed by atoms with van der Waals surface area (Å²) in [6, 6.07) is 7.51. The molecule has 0 aliphatic rings. The maximum Gasteiger partial charge on any atom is 0.436 e. The summed E-state index contributed by atoms with van der Waals surface area (Å²) < 4.78 is 4.86. The van der Waals surface area contributed by atoms with Crippen molar-refractivity contribution in [3.05, 3.63) is 57.8 Å². The van der Waals surface area contributed by atoms with Gasteiger partial charge in [-0.05, 0) is 43.0 Å². The Balaban J connectivity index is 2.20. The normalized spacial score (nSPS) is 10.1. The van der Waals surface area contributed by atoms with Gasteiger partial charge in [-0.2, -0.15) is 11.3 Å². The Labute approximate surface area is 166 Å². The van der Waals surface area contributed by atoms with Crippen LogP contribution in [0.15, 0.2) is 41.1 Å². The van der Waals surface area contributed by atoms with E-state index in [1.807, 2.05) is 6.92 Å². The number of hydrogen-bond acceptors (Lipinski definition) is 6. The Morgan fingerprint density at radius 3 is 2.36 bits per heavy atom. The third kappa shape index (κ3) is 5.40. The first-order valence-corrected chi connectivity index (χ1v) is 9.64. The molecule has 1 heterocycles. The lowest BCUT2D eigenvalue weighted by atomic mass is 10.1. The van der Waals surface area contributed by atoms with Crippen LogP contribution in [0.5, 0.6) is 0 Å². The molecule has 148 valence electrons. The fourth-order valence-corrected chi connectivity index (χ4v) is 2.82. The highest BCUT2D eigenvalue weighted by Gasteiger charge is 2.27. The molecule has 1 aromatic heterocycles. The molecule has 0 aliphatic carbocycles. The van der Waals surface area contributed by atoms with Crippen molar-refractivity contribution in [2.24, 2.45) is 0 Å². The summed E-state index contributed by atoms with van der Waals surface area (Å²) in [5.74, 6) is -1.75. The highest BCUT2D eigenvalue weighted by atomic mass is 32.1. The maximum absolute atomic E-state index is 12.6. The van der Waals surface area contributed by atoms with Crippen molar-refractivity contribution in [2.45, 2.75) is 20.3 Å². The summed E-state index contributed by atoms with van der Waals surface area (Å²) in [7, 11) is 0. The standard InChI is InChI=1S/C19H21N3O5S/c1-3-9-20-16(23)13-6-5-7-14(11-13)17(24)21-22(19(26)27-4-2)18(25)15-8-10-28-12-15/h5-8,10-12H,3-4,9H2,1-2H3,(H,20,23)(H,21,24). The summed E-state index contributed by atoms with van der Waals surface area (Å²) in [6.07, 6.45) is -0.214. The van der Waals surface area contributed by atoms with Gasteiger partial charge in [0.15, 0.2) is 0 Å². The van der Waals surface area contributed by atoms with E-state index in [2.05, 4.69) is 10.7 Å². The Morgan fingerprint density at radius 1 is 1.04 bits per heavy atom. The van der Waals surface area contributed by atoms with Crippen LogP contribution in [0.4, 0.5) is 4.79 Å². The van der Waals surface area contributed by atoms with Gasteiger partial charge in [0.25, 0.3) is 17.7 Å². The second-order valence-electron chi connectivity index (χ2n) is 5.63. The molecule has 8 nitrogen and oxygen atoms in total. The van der Waals surface area contributed by atoms with Crippen LogP contribution >= 0.6 is 11.3 Å². The number of rotatable bonds is 6. The van der Waals surface area contributed by atoms with E-state index in [1.165, 1.54) is 29.5 Å². The number of imide groups is 1. The summed E-state index contributed by atoms with van der Waals surface area (Å²) in [6.45, 7) is 4.07. The second kappa shape index (κ2) is 10.2. The minimum Gasteiger partial charge on any atom is -0.448 e. The number of amides is 4. The smallest absolute Gasteiger partial charge is 0.436 e. The number of ether oxygens (including phenoxy) is 1. The number of carbonyl (C=O) groups excluding carboxylic acids is 4. The van der Waals surface area contributed by atoms with Gasteiger partial charge in [0.2, 0.25) is 0 Å². The molecule has 0 saturated carbocycles. The summed E-state index contributed by atoms with van der Waals surface area (Å²) in [5.41, 5.74) is 2.92. The van der Waals surface area contributed by atoms with E-state index in [0.29, 0.717) is 17.1 Å². The van der Waals surface area contributed by atoms with E-state index in [4.69, 9.17) is 4.74 Å². The Bertz CT molecular complexity index is 851. The van der Waals surface area contributed by atoms with Crippen LogP contribution in [-0.4, -0.2) is 42.0 Å². The predicted molar refractivity (Wildman–Crippen MR) is 104 cm³/mol. The molecule has 9 heteroatoms. The third-order valence-corrected chi connectivity index (χ3v) is 4.24. The number of nitrogens with one attached hydrogen (secondary N) is 2. The van der Waals surface area contributed by atoms with Crippen molar-refractivity contribution in [1.29, 1.82) is 0 Å². The lowest BCUT2D eigenvalue weighted by molar-refractivity contribution is 0.0505. The zero-order valence-corrected chi connectivity index (χ0v) is 16.4. The van der Waals surface area contributed by atoms with Gasteiger partial charge in [-0.1, -0.05) is 13.0 Å². The first-order valence-electron chi connectivity index (χ1n) is 8.70. The van der Waals surface area contributed by atoms with E-state index < -0.39 is 17.9 Å². The highest BCUT2D eigenvalue weighted by molar-refractivity contribution is 7.08. The molecule has 4 amide bonds. The van der Waals surface area contributed by atoms with Crippen molar-refractivity contribution in [3.63, 3.8) is 0 Å². The Hall–Kier alpha value is -3.20. The van der Waals surface area contributed by atoms with E-state index in [0.717, 1.165) is 6.42 Å². The van der Waals surface area contributed by atoms with Gasteiger partial charge in [-0.15, -0.1) is 5.01 Å². The summed E-state index contributed by atoms with van der Waals surface area (Å²) in [5, 5.41) is 6.48. The zero-order valence-electron chi connectivity index (χ0n) is 15.6. The van der Waals surface area contributed by atoms with Crippen LogP contribution in [0, 0.1) is 0 Å². The molecular formula is C19H21N3O5S. The number of benzene rings is 1. The Morgan fingerprint density at radius 2 is 1.75 bits per heavy atom. The molecule has 0 fully saturated rings. The molecule has 0 atom stereocenters. The molecule has 2 N–H and O–H groups in total. The van der Waals surface area contributed by atoms with E-state index in [-0.39, 0.29) is 23.6 Å². The van der Waals surface area contributed by atoms with E-state index in [9.17, 15) is 19.2 Å². The molecule has 0 unspecified atom stereocenters. The minimum atomic E-state index is -0.996. The SMILES string of the molecule is CCCNC(=O)c1cccc(C(=O)NN(C(=O)OCC)C(=O)c2ccsc2)c1. The van der Waals surface area contributed by atoms with E-state index >= 15 is 0 Å². The molecule has 1 aromatic carbocycles. The quantitative estimate of drug-likeness (QED) is 0.722. The number of hydrogen-bond donors (Lipinski definition) is 2. The van der Waals surface area contributed by atoms with Gasteiger partial charge >= 0.3 is 6.09 Å². The molecule has 0 radical (unpaired) electrons. The summed E-state index contributed by atoms with van der Waals surface area (Å²) in [4.78, 5) is 49.3. The predicted octanol–water partition coefficient (Wildman–Crippen LogP) is 2.83. The van der Waals surface area contributed by atoms with Gasteiger partial charge in [0, 0.05) is 23.1 Å². The van der Waals surface area contributed by atoms with Gasteiger partial charge in [0.1, 0.15) is 0 Å². The number of hydrazine groups is 1. The molecule has 2 aromatic rings. The largest absolute Gasteiger partial charge is 0.448 e. The van der Waals surface area contributed by atoms with E-state index in [1.54, 1.807) is 29.8 Å². The fraction of sp³-hybridized carbons (Fsp3) is 0.263. The van der Waals surface area contributed by atoms with Crippen LogP contribution in [-0.2, 0) is 4.74 Å². The molecule has 2 rings (SSSR count). The minimum absolute atomic E-state index is 0.0369. The summed E-state index contributed by atoms with van der Waals surface area (Å²) >= 11 is 1.28. The van der Waals surface area contributed by atoms with Crippen molar-refractivity contribution in [1.82, 2.24) is 15.8 Å². The van der Waals surface area contributed by atoms with Crippen molar-refractivity contribution < 1.29 is 23.9 Å². The molecule has 0 bridgehead atoms. The average Bonchev–Trinajstić information content (AvgIpc) is 3.24. The number of thiophene rings is 1. The lowest BCUT2D eigenvalue weighted by Gasteiger charge is -2.20. The molecule has 0 spiro atoms. The first-order chi connectivity index (χ1) is 13.5. The van der Waals surface area contributed by atoms with Crippen molar-refractivity contribution >= 4 is 35.2 Å². The van der Waals surface area contributed by atoms with Crippen LogP contribution in [0.2, 0.25) is 0 Å². The van der Waals surface area contributed by atoms with Crippen LogP contribution in [0.1, 0.15) is 51.3 Å².